The number of carbonyl (C=O) groups is 1. The van der Waals surface area contributed by atoms with E-state index in [2.05, 4.69) is 71.2 Å². The monoisotopic (exact) mass is 553 g/mol. The molecule has 1 fully saturated rings. The number of methoxy groups -OCH3 is 1. The van der Waals surface area contributed by atoms with Crippen LogP contribution >= 0.6 is 12.2 Å². The molecule has 3 heterocycles. The number of para-hydroxylation sites is 1. The fourth-order valence-corrected chi connectivity index (χ4v) is 5.95. The molecule has 1 aliphatic heterocycles. The number of thiocarbonyl (C=S) groups is 1. The van der Waals surface area contributed by atoms with Crippen LogP contribution in [0.5, 0.6) is 5.75 Å². The van der Waals surface area contributed by atoms with E-state index in [9.17, 15) is 4.79 Å². The summed E-state index contributed by atoms with van der Waals surface area (Å²) in [7, 11) is 1.61. The van der Waals surface area contributed by atoms with Crippen LogP contribution in [0.4, 0.5) is 11.4 Å². The summed E-state index contributed by atoms with van der Waals surface area (Å²) in [6.07, 6.45) is 3.14. The lowest BCUT2D eigenvalue weighted by Crippen LogP contribution is -2.29. The third kappa shape index (κ3) is 4.95. The van der Waals surface area contributed by atoms with Gasteiger partial charge in [-0.1, -0.05) is 38.1 Å². The van der Waals surface area contributed by atoms with Gasteiger partial charge in [-0.05, 0) is 80.0 Å². The van der Waals surface area contributed by atoms with Gasteiger partial charge in [-0.25, -0.2) is 0 Å². The second-order valence-corrected chi connectivity index (χ2v) is 10.3. The quantitative estimate of drug-likeness (QED) is 0.240. The molecule has 2 aromatic heterocycles. The van der Waals surface area contributed by atoms with E-state index >= 15 is 0 Å². The molecule has 0 radical (unpaired) electrons. The number of carbonyl (C=O) groups excluding carboxylic acids is 1. The Bertz CT molecular complexity index is 1550. The normalized spacial score (nSPS) is 16.6. The van der Waals surface area contributed by atoms with Crippen molar-refractivity contribution < 1.29 is 9.53 Å². The van der Waals surface area contributed by atoms with Crippen molar-refractivity contribution in [3.63, 3.8) is 0 Å². The number of nitrogens with one attached hydrogen (secondary N) is 2. The summed E-state index contributed by atoms with van der Waals surface area (Å²) in [5.41, 5.74) is 8.36. The summed E-state index contributed by atoms with van der Waals surface area (Å²) in [6.45, 7) is 8.33. The molecule has 5 rings (SSSR count). The molecule has 1 amide bonds. The zero-order chi connectivity index (χ0) is 28.4. The van der Waals surface area contributed by atoms with E-state index in [0.717, 1.165) is 34.8 Å². The summed E-state index contributed by atoms with van der Waals surface area (Å²) < 4.78 is 8.03. The number of amides is 1. The molecule has 0 bridgehead atoms. The van der Waals surface area contributed by atoms with Gasteiger partial charge in [-0.2, -0.15) is 0 Å². The van der Waals surface area contributed by atoms with Gasteiger partial charge in [0.05, 0.1) is 30.6 Å². The van der Waals surface area contributed by atoms with Crippen LogP contribution in [0.3, 0.4) is 0 Å². The number of aryl methyl sites for hydroxylation is 2. The van der Waals surface area contributed by atoms with Crippen LogP contribution in [0.2, 0.25) is 0 Å². The second-order valence-electron chi connectivity index (χ2n) is 9.93. The fraction of sp³-hybridized carbons (Fsp3) is 0.281. The van der Waals surface area contributed by atoms with E-state index in [4.69, 9.17) is 21.9 Å². The molecule has 206 valence electrons. The molecule has 2 atom stereocenters. The molecule has 0 aliphatic carbocycles. The van der Waals surface area contributed by atoms with Crippen LogP contribution in [0.25, 0.3) is 5.69 Å². The lowest BCUT2D eigenvalue weighted by atomic mass is 9.96. The van der Waals surface area contributed by atoms with Crippen LogP contribution in [-0.4, -0.2) is 27.7 Å². The van der Waals surface area contributed by atoms with E-state index in [1.165, 1.54) is 11.3 Å². The minimum atomic E-state index is -0.172. The zero-order valence-electron chi connectivity index (χ0n) is 23.6. The van der Waals surface area contributed by atoms with E-state index < -0.39 is 0 Å². The zero-order valence-corrected chi connectivity index (χ0v) is 24.4. The second kappa shape index (κ2) is 11.5. The third-order valence-electron chi connectivity index (χ3n) is 7.56. The summed E-state index contributed by atoms with van der Waals surface area (Å²) >= 11 is 5.96. The molecule has 8 heteroatoms. The van der Waals surface area contributed by atoms with Gasteiger partial charge in [0.1, 0.15) is 5.75 Å². The van der Waals surface area contributed by atoms with Crippen LogP contribution in [0.15, 0.2) is 72.9 Å². The maximum Gasteiger partial charge on any atom is 0.224 e. The topological polar surface area (TPSA) is 71.4 Å². The Hall–Kier alpha value is -4.17. The number of nitrogens with zero attached hydrogens (tertiary/aromatic N) is 3. The van der Waals surface area contributed by atoms with Crippen molar-refractivity contribution in [2.75, 3.05) is 17.3 Å². The lowest BCUT2D eigenvalue weighted by molar-refractivity contribution is -0.115. The summed E-state index contributed by atoms with van der Waals surface area (Å²) in [5.74, 6) is 0.502. The van der Waals surface area contributed by atoms with Crippen molar-refractivity contribution in [2.45, 2.75) is 52.6 Å². The number of rotatable bonds is 8. The highest BCUT2D eigenvalue weighted by Crippen LogP contribution is 2.45. The fourth-order valence-electron chi connectivity index (χ4n) is 5.61. The Morgan fingerprint density at radius 1 is 1.07 bits per heavy atom. The van der Waals surface area contributed by atoms with Crippen molar-refractivity contribution >= 4 is 34.6 Å². The maximum absolute atomic E-state index is 12.1. The number of hydrogen-bond acceptors (Lipinski definition) is 4. The molecule has 0 saturated carbocycles. The standard InChI is InChI=1S/C32H35N5O2S/c1-6-22-12-8-9-14-27(22)36-20(3)18-24(21(36)4)31-30(26-13-10-11-17-33-26)35-32(40)37(31)23-15-16-25(28(19-23)39-5)34-29(38)7-2/h8-19,30-31H,6-7H2,1-5H3,(H,34,38)(H,35,40)/t30-,31+/m0/s1. The molecular formula is C32H35N5O2S. The summed E-state index contributed by atoms with van der Waals surface area (Å²) in [5, 5.41) is 7.08. The van der Waals surface area contributed by atoms with Crippen LogP contribution in [0.1, 0.15) is 60.6 Å². The molecule has 1 aliphatic rings. The van der Waals surface area contributed by atoms with Gasteiger partial charge < -0.3 is 24.8 Å². The molecule has 40 heavy (non-hydrogen) atoms. The van der Waals surface area contributed by atoms with Crippen LogP contribution < -0.4 is 20.3 Å². The average Bonchev–Trinajstić information content (AvgIpc) is 3.48. The van der Waals surface area contributed by atoms with Gasteiger partial charge in [0, 0.05) is 41.4 Å². The minimum absolute atomic E-state index is 0.0719. The average molecular weight is 554 g/mol. The van der Waals surface area contributed by atoms with Crippen LogP contribution in [-0.2, 0) is 11.2 Å². The Kier molecular flexibility index (Phi) is 7.89. The molecular weight excluding hydrogens is 518 g/mol. The maximum atomic E-state index is 12.1. The summed E-state index contributed by atoms with van der Waals surface area (Å²) in [6, 6.07) is 22.2. The van der Waals surface area contributed by atoms with Crippen molar-refractivity contribution in [1.29, 1.82) is 0 Å². The van der Waals surface area contributed by atoms with E-state index in [-0.39, 0.29) is 18.0 Å². The smallest absolute Gasteiger partial charge is 0.224 e. The first-order chi connectivity index (χ1) is 19.4. The molecule has 4 aromatic rings. The van der Waals surface area contributed by atoms with Crippen molar-refractivity contribution in [3.05, 3.63) is 101 Å². The van der Waals surface area contributed by atoms with E-state index in [1.54, 1.807) is 7.11 Å². The first-order valence-electron chi connectivity index (χ1n) is 13.6. The minimum Gasteiger partial charge on any atom is -0.494 e. The Morgan fingerprint density at radius 2 is 1.85 bits per heavy atom. The SMILES string of the molecule is CCC(=O)Nc1ccc(N2C(=S)N[C@@H](c3ccccn3)[C@H]2c2cc(C)n(-c3ccccc3CC)c2C)cc1OC. The molecule has 7 nitrogen and oxygen atoms in total. The summed E-state index contributed by atoms with van der Waals surface area (Å²) in [4.78, 5) is 18.9. The van der Waals surface area contributed by atoms with Crippen molar-refractivity contribution in [3.8, 4) is 11.4 Å². The predicted molar refractivity (Wildman–Crippen MR) is 164 cm³/mol. The van der Waals surface area contributed by atoms with Gasteiger partial charge in [0.25, 0.3) is 0 Å². The first-order valence-corrected chi connectivity index (χ1v) is 14.0. The Balaban J connectivity index is 1.66. The predicted octanol–water partition coefficient (Wildman–Crippen LogP) is 6.59. The van der Waals surface area contributed by atoms with Gasteiger partial charge in [0.15, 0.2) is 5.11 Å². The molecule has 0 spiro atoms. The Labute approximate surface area is 241 Å². The molecule has 2 aromatic carbocycles. The van der Waals surface area contributed by atoms with E-state index in [0.29, 0.717) is 23.0 Å². The number of anilines is 2. The van der Waals surface area contributed by atoms with Crippen LogP contribution in [0, 0.1) is 13.8 Å². The van der Waals surface area contributed by atoms with Gasteiger partial charge in [-0.15, -0.1) is 0 Å². The van der Waals surface area contributed by atoms with Gasteiger partial charge in [0.2, 0.25) is 5.91 Å². The third-order valence-corrected chi connectivity index (χ3v) is 7.87. The Morgan fingerprint density at radius 3 is 2.55 bits per heavy atom. The highest BCUT2D eigenvalue weighted by atomic mass is 32.1. The number of pyridine rings is 1. The number of aromatic nitrogens is 2. The van der Waals surface area contributed by atoms with Crippen molar-refractivity contribution in [1.82, 2.24) is 14.9 Å². The van der Waals surface area contributed by atoms with Crippen molar-refractivity contribution in [2.24, 2.45) is 0 Å². The van der Waals surface area contributed by atoms with Gasteiger partial charge in [-0.3, -0.25) is 9.78 Å². The molecule has 0 unspecified atom stereocenters. The first kappa shape index (κ1) is 27.4. The number of ether oxygens (including phenoxy) is 1. The van der Waals surface area contributed by atoms with E-state index in [1.807, 2.05) is 49.5 Å². The number of benzene rings is 2. The molecule has 1 saturated heterocycles. The highest BCUT2D eigenvalue weighted by molar-refractivity contribution is 7.80. The number of hydrogen-bond donors (Lipinski definition) is 2. The highest BCUT2D eigenvalue weighted by Gasteiger charge is 2.42. The lowest BCUT2D eigenvalue weighted by Gasteiger charge is -2.29. The molecule has 2 N–H and O–H groups in total. The largest absolute Gasteiger partial charge is 0.494 e. The van der Waals surface area contributed by atoms with Gasteiger partial charge >= 0.3 is 0 Å².